The van der Waals surface area contributed by atoms with Gasteiger partial charge in [0.25, 0.3) is 0 Å². The van der Waals surface area contributed by atoms with E-state index in [1.54, 1.807) is 0 Å². The molecule has 1 unspecified atom stereocenters. The SMILES string of the molecule is CC(CN)(c1cc(F)ccc1F)C1CC1. The molecule has 2 N–H and O–H groups in total. The molecule has 1 aliphatic rings. The van der Waals surface area contributed by atoms with Crippen LogP contribution in [0, 0.1) is 17.6 Å². The molecule has 0 heterocycles. The van der Waals surface area contributed by atoms with Gasteiger partial charge in [0.1, 0.15) is 11.6 Å². The summed E-state index contributed by atoms with van der Waals surface area (Å²) < 4.78 is 26.7. The Labute approximate surface area is 88.3 Å². The minimum atomic E-state index is -0.411. The fourth-order valence-electron chi connectivity index (χ4n) is 2.15. The highest BCUT2D eigenvalue weighted by Crippen LogP contribution is 2.47. The largest absolute Gasteiger partial charge is 0.330 e. The molecule has 0 aromatic heterocycles. The van der Waals surface area contributed by atoms with E-state index >= 15 is 0 Å². The van der Waals surface area contributed by atoms with Crippen LogP contribution in [-0.2, 0) is 5.41 Å². The van der Waals surface area contributed by atoms with Gasteiger partial charge >= 0.3 is 0 Å². The van der Waals surface area contributed by atoms with E-state index in [1.807, 2.05) is 6.92 Å². The van der Waals surface area contributed by atoms with E-state index in [0.29, 0.717) is 18.0 Å². The first kappa shape index (κ1) is 10.6. The molecule has 0 spiro atoms. The van der Waals surface area contributed by atoms with Gasteiger partial charge in [0.15, 0.2) is 0 Å². The Hall–Kier alpha value is -0.960. The van der Waals surface area contributed by atoms with Crippen molar-refractivity contribution in [1.29, 1.82) is 0 Å². The first-order valence-electron chi connectivity index (χ1n) is 5.23. The molecule has 0 saturated heterocycles. The van der Waals surface area contributed by atoms with Crippen LogP contribution in [0.25, 0.3) is 0 Å². The van der Waals surface area contributed by atoms with Crippen molar-refractivity contribution in [3.63, 3.8) is 0 Å². The van der Waals surface area contributed by atoms with Crippen LogP contribution in [-0.4, -0.2) is 6.54 Å². The lowest BCUT2D eigenvalue weighted by Gasteiger charge is -2.29. The molecule has 1 aromatic rings. The molecule has 0 radical (unpaired) electrons. The zero-order valence-electron chi connectivity index (χ0n) is 8.76. The van der Waals surface area contributed by atoms with E-state index < -0.39 is 11.2 Å². The van der Waals surface area contributed by atoms with Crippen molar-refractivity contribution in [2.45, 2.75) is 25.2 Å². The number of rotatable bonds is 3. The van der Waals surface area contributed by atoms with Crippen LogP contribution in [0.4, 0.5) is 8.78 Å². The Morgan fingerprint density at radius 1 is 1.40 bits per heavy atom. The Balaban J connectivity index is 2.45. The normalized spacial score (nSPS) is 20.0. The lowest BCUT2D eigenvalue weighted by molar-refractivity contribution is 0.396. The van der Waals surface area contributed by atoms with E-state index in [9.17, 15) is 8.78 Å². The summed E-state index contributed by atoms with van der Waals surface area (Å²) in [6.07, 6.45) is 2.12. The average molecular weight is 211 g/mol. The third-order valence-corrected chi connectivity index (χ3v) is 3.45. The molecule has 1 saturated carbocycles. The van der Waals surface area contributed by atoms with Gasteiger partial charge < -0.3 is 5.73 Å². The van der Waals surface area contributed by atoms with Crippen LogP contribution in [0.2, 0.25) is 0 Å². The second-order valence-corrected chi connectivity index (χ2v) is 4.52. The second kappa shape index (κ2) is 3.56. The van der Waals surface area contributed by atoms with Crippen LogP contribution in [0.1, 0.15) is 25.3 Å². The minimum absolute atomic E-state index is 0.351. The molecule has 82 valence electrons. The van der Waals surface area contributed by atoms with Crippen LogP contribution in [0.15, 0.2) is 18.2 Å². The Morgan fingerprint density at radius 2 is 2.07 bits per heavy atom. The number of benzene rings is 1. The van der Waals surface area contributed by atoms with E-state index in [0.717, 1.165) is 18.9 Å². The van der Waals surface area contributed by atoms with Gasteiger partial charge in [-0.3, -0.25) is 0 Å². The quantitative estimate of drug-likeness (QED) is 0.817. The molecule has 1 aromatic carbocycles. The van der Waals surface area contributed by atoms with Gasteiger partial charge in [-0.2, -0.15) is 0 Å². The number of hydrogen-bond acceptors (Lipinski definition) is 1. The summed E-state index contributed by atoms with van der Waals surface area (Å²) in [6.45, 7) is 2.28. The zero-order valence-corrected chi connectivity index (χ0v) is 8.76. The van der Waals surface area contributed by atoms with Crippen LogP contribution >= 0.6 is 0 Å². The van der Waals surface area contributed by atoms with Crippen LogP contribution in [0.5, 0.6) is 0 Å². The lowest BCUT2D eigenvalue weighted by Crippen LogP contribution is -2.35. The van der Waals surface area contributed by atoms with E-state index in [1.165, 1.54) is 12.1 Å². The van der Waals surface area contributed by atoms with Crippen molar-refractivity contribution in [3.8, 4) is 0 Å². The smallest absolute Gasteiger partial charge is 0.127 e. The van der Waals surface area contributed by atoms with Gasteiger partial charge in [0.2, 0.25) is 0 Å². The van der Waals surface area contributed by atoms with Gasteiger partial charge in [0, 0.05) is 12.0 Å². The topological polar surface area (TPSA) is 26.0 Å². The maximum atomic E-state index is 13.6. The standard InChI is InChI=1S/C12H15F2N/c1-12(7-15,8-2-3-8)10-6-9(13)4-5-11(10)14/h4-6,8H,2-3,7,15H2,1H3. The Kier molecular flexibility index (Phi) is 2.51. The number of hydrogen-bond donors (Lipinski definition) is 1. The van der Waals surface area contributed by atoms with Crippen molar-refractivity contribution < 1.29 is 8.78 Å². The summed E-state index contributed by atoms with van der Waals surface area (Å²) in [6, 6.07) is 3.60. The molecular formula is C12H15F2N. The summed E-state index contributed by atoms with van der Waals surface area (Å²) in [5.41, 5.74) is 5.72. The molecule has 15 heavy (non-hydrogen) atoms. The maximum Gasteiger partial charge on any atom is 0.127 e. The highest BCUT2D eigenvalue weighted by molar-refractivity contribution is 5.30. The molecule has 1 nitrogen and oxygen atoms in total. The first-order chi connectivity index (χ1) is 7.08. The first-order valence-corrected chi connectivity index (χ1v) is 5.23. The molecular weight excluding hydrogens is 196 g/mol. The van der Waals surface area contributed by atoms with Crippen LogP contribution < -0.4 is 5.73 Å². The van der Waals surface area contributed by atoms with E-state index in [4.69, 9.17) is 5.73 Å². The predicted octanol–water partition coefficient (Wildman–Crippen LogP) is 2.59. The summed E-state index contributed by atoms with van der Waals surface area (Å²) >= 11 is 0. The zero-order chi connectivity index (χ0) is 11.1. The summed E-state index contributed by atoms with van der Waals surface area (Å²) in [5.74, 6) is -0.346. The average Bonchev–Trinajstić information content (AvgIpc) is 3.04. The Bertz CT molecular complexity index is 374. The predicted molar refractivity (Wildman–Crippen MR) is 55.5 cm³/mol. The molecule has 0 amide bonds. The fraction of sp³-hybridized carbons (Fsp3) is 0.500. The van der Waals surface area contributed by atoms with Gasteiger partial charge in [-0.05, 0) is 42.5 Å². The van der Waals surface area contributed by atoms with Crippen molar-refractivity contribution in [2.24, 2.45) is 11.7 Å². The van der Waals surface area contributed by atoms with E-state index in [-0.39, 0.29) is 5.82 Å². The molecule has 3 heteroatoms. The third kappa shape index (κ3) is 1.76. The van der Waals surface area contributed by atoms with Crippen molar-refractivity contribution in [1.82, 2.24) is 0 Å². The molecule has 1 atom stereocenters. The van der Waals surface area contributed by atoms with Crippen molar-refractivity contribution >= 4 is 0 Å². The number of nitrogens with two attached hydrogens (primary N) is 1. The monoisotopic (exact) mass is 211 g/mol. The molecule has 1 fully saturated rings. The fourth-order valence-corrected chi connectivity index (χ4v) is 2.15. The molecule has 1 aliphatic carbocycles. The summed E-state index contributed by atoms with van der Waals surface area (Å²) in [4.78, 5) is 0. The highest BCUT2D eigenvalue weighted by atomic mass is 19.1. The summed E-state index contributed by atoms with van der Waals surface area (Å²) in [5, 5.41) is 0. The molecule has 2 rings (SSSR count). The third-order valence-electron chi connectivity index (χ3n) is 3.45. The van der Waals surface area contributed by atoms with Gasteiger partial charge in [-0.1, -0.05) is 6.92 Å². The van der Waals surface area contributed by atoms with Gasteiger partial charge in [0.05, 0.1) is 0 Å². The number of halogens is 2. The van der Waals surface area contributed by atoms with E-state index in [2.05, 4.69) is 0 Å². The highest BCUT2D eigenvalue weighted by Gasteiger charge is 2.43. The Morgan fingerprint density at radius 3 is 2.60 bits per heavy atom. The van der Waals surface area contributed by atoms with Gasteiger partial charge in [-0.15, -0.1) is 0 Å². The molecule has 0 bridgehead atoms. The maximum absolute atomic E-state index is 13.6. The molecule has 0 aliphatic heterocycles. The van der Waals surface area contributed by atoms with Crippen molar-refractivity contribution in [2.75, 3.05) is 6.54 Å². The second-order valence-electron chi connectivity index (χ2n) is 4.52. The lowest BCUT2D eigenvalue weighted by atomic mass is 9.77. The van der Waals surface area contributed by atoms with Gasteiger partial charge in [-0.25, -0.2) is 8.78 Å². The summed E-state index contributed by atoms with van der Waals surface area (Å²) in [7, 11) is 0. The van der Waals surface area contributed by atoms with Crippen molar-refractivity contribution in [3.05, 3.63) is 35.4 Å². The minimum Gasteiger partial charge on any atom is -0.330 e. The van der Waals surface area contributed by atoms with Crippen LogP contribution in [0.3, 0.4) is 0 Å².